The summed E-state index contributed by atoms with van der Waals surface area (Å²) in [6.07, 6.45) is 2.82. The van der Waals surface area contributed by atoms with E-state index in [0.717, 1.165) is 23.6 Å². The van der Waals surface area contributed by atoms with Crippen molar-refractivity contribution in [1.82, 2.24) is 4.98 Å². The highest BCUT2D eigenvalue weighted by Crippen LogP contribution is 2.36. The number of hydrogen-bond donors (Lipinski definition) is 0. The number of aromatic nitrogens is 1. The first-order valence-electron chi connectivity index (χ1n) is 7.98. The maximum absolute atomic E-state index is 6.16. The Morgan fingerprint density at radius 2 is 2.00 bits per heavy atom. The van der Waals surface area contributed by atoms with Gasteiger partial charge in [0.1, 0.15) is 12.7 Å². The average Bonchev–Trinajstić information content (AvgIpc) is 2.55. The molecule has 1 aromatic heterocycles. The molecule has 1 aliphatic heterocycles. The molecule has 2 aromatic rings. The second-order valence-corrected chi connectivity index (χ2v) is 6.30. The highest BCUT2D eigenvalue weighted by molar-refractivity contribution is 5.44. The van der Waals surface area contributed by atoms with Crippen LogP contribution in [0.15, 0.2) is 42.6 Å². The monoisotopic (exact) mass is 297 g/mol. The number of ether oxygens (including phenoxy) is 2. The molecule has 1 aliphatic rings. The van der Waals surface area contributed by atoms with Gasteiger partial charge in [0.25, 0.3) is 0 Å². The molecule has 2 atom stereocenters. The van der Waals surface area contributed by atoms with Crippen molar-refractivity contribution in [1.29, 1.82) is 0 Å². The van der Waals surface area contributed by atoms with Crippen molar-refractivity contribution in [3.8, 4) is 11.5 Å². The summed E-state index contributed by atoms with van der Waals surface area (Å²) in [6, 6.07) is 12.3. The van der Waals surface area contributed by atoms with Crippen LogP contribution in [0.25, 0.3) is 0 Å². The van der Waals surface area contributed by atoms with Crippen molar-refractivity contribution < 1.29 is 9.47 Å². The highest BCUT2D eigenvalue weighted by atomic mass is 16.6. The van der Waals surface area contributed by atoms with Crippen LogP contribution in [0.4, 0.5) is 0 Å². The van der Waals surface area contributed by atoms with E-state index < -0.39 is 0 Å². The summed E-state index contributed by atoms with van der Waals surface area (Å²) >= 11 is 0. The largest absolute Gasteiger partial charge is 0.486 e. The van der Waals surface area contributed by atoms with Crippen LogP contribution in [-0.4, -0.2) is 17.7 Å². The first-order valence-corrected chi connectivity index (χ1v) is 7.98. The molecule has 22 heavy (non-hydrogen) atoms. The van der Waals surface area contributed by atoms with Gasteiger partial charge in [-0.05, 0) is 42.2 Å². The van der Waals surface area contributed by atoms with Crippen LogP contribution in [0.3, 0.4) is 0 Å². The van der Waals surface area contributed by atoms with Crippen LogP contribution >= 0.6 is 0 Å². The van der Waals surface area contributed by atoms with Gasteiger partial charge in [-0.2, -0.15) is 0 Å². The lowest BCUT2D eigenvalue weighted by molar-refractivity contribution is 0.0802. The molecular weight excluding hydrogens is 274 g/mol. The lowest BCUT2D eigenvalue weighted by Crippen LogP contribution is -2.30. The highest BCUT2D eigenvalue weighted by Gasteiger charge is 2.24. The maximum atomic E-state index is 6.16. The van der Waals surface area contributed by atoms with Gasteiger partial charge in [-0.3, -0.25) is 4.98 Å². The van der Waals surface area contributed by atoms with Crippen molar-refractivity contribution in [2.75, 3.05) is 6.61 Å². The fraction of sp³-hybridized carbons (Fsp3) is 0.421. The number of benzene rings is 1. The number of fused-ring (bicyclic) bond motifs is 1. The van der Waals surface area contributed by atoms with Crippen molar-refractivity contribution in [2.45, 2.75) is 45.1 Å². The summed E-state index contributed by atoms with van der Waals surface area (Å²) in [5, 5.41) is 0. The van der Waals surface area contributed by atoms with E-state index in [0.29, 0.717) is 18.4 Å². The van der Waals surface area contributed by atoms with Gasteiger partial charge in [0.05, 0.1) is 0 Å². The van der Waals surface area contributed by atoms with E-state index in [9.17, 15) is 0 Å². The van der Waals surface area contributed by atoms with Gasteiger partial charge in [-0.15, -0.1) is 0 Å². The maximum Gasteiger partial charge on any atom is 0.162 e. The number of rotatable bonds is 4. The second kappa shape index (κ2) is 6.39. The normalized spacial score (nSPS) is 18.3. The Balaban J connectivity index is 1.70. The zero-order valence-electron chi connectivity index (χ0n) is 13.5. The molecule has 116 valence electrons. The molecule has 0 amide bonds. The summed E-state index contributed by atoms with van der Waals surface area (Å²) in [7, 11) is 0. The Bertz CT molecular complexity index is 625. The van der Waals surface area contributed by atoms with Gasteiger partial charge in [-0.1, -0.05) is 32.9 Å². The fourth-order valence-electron chi connectivity index (χ4n) is 2.79. The lowest BCUT2D eigenvalue weighted by Gasteiger charge is -2.28. The molecule has 2 unspecified atom stereocenters. The number of hydrogen-bond acceptors (Lipinski definition) is 3. The summed E-state index contributed by atoms with van der Waals surface area (Å²) in [4.78, 5) is 4.43. The molecule has 0 saturated carbocycles. The van der Waals surface area contributed by atoms with E-state index in [2.05, 4.69) is 44.0 Å². The van der Waals surface area contributed by atoms with E-state index in [1.165, 1.54) is 5.56 Å². The standard InChI is InChI=1S/C19H23NO2/c1-13(2)15-7-8-18-19(11-15)22-16(12-21-18)10-14(3)17-6-4-5-9-20-17/h4-9,11,13-14,16H,10,12H2,1-3H3. The van der Waals surface area contributed by atoms with Crippen LogP contribution in [0.2, 0.25) is 0 Å². The molecule has 1 aromatic carbocycles. The van der Waals surface area contributed by atoms with Gasteiger partial charge in [0.2, 0.25) is 0 Å². The second-order valence-electron chi connectivity index (χ2n) is 6.30. The third kappa shape index (κ3) is 3.24. The Morgan fingerprint density at radius 1 is 1.14 bits per heavy atom. The van der Waals surface area contributed by atoms with Crippen LogP contribution in [-0.2, 0) is 0 Å². The topological polar surface area (TPSA) is 31.4 Å². The molecule has 0 aliphatic carbocycles. The van der Waals surface area contributed by atoms with Gasteiger partial charge in [0, 0.05) is 17.8 Å². The molecule has 3 rings (SSSR count). The molecule has 3 nitrogen and oxygen atoms in total. The van der Waals surface area contributed by atoms with E-state index in [4.69, 9.17) is 9.47 Å². The SMILES string of the molecule is CC(C)c1ccc2c(c1)OC(CC(C)c1ccccn1)CO2. The van der Waals surface area contributed by atoms with Crippen molar-refractivity contribution in [3.05, 3.63) is 53.9 Å². The zero-order chi connectivity index (χ0) is 15.5. The van der Waals surface area contributed by atoms with Crippen LogP contribution in [0.5, 0.6) is 11.5 Å². The molecule has 2 heterocycles. The first kappa shape index (κ1) is 14.9. The van der Waals surface area contributed by atoms with E-state index in [-0.39, 0.29) is 6.10 Å². The first-order chi connectivity index (χ1) is 10.6. The Labute approximate surface area is 132 Å². The Kier molecular flexibility index (Phi) is 4.32. The molecule has 0 N–H and O–H groups in total. The number of nitrogens with zero attached hydrogens (tertiary/aromatic N) is 1. The van der Waals surface area contributed by atoms with Gasteiger partial charge in [0.15, 0.2) is 11.5 Å². The molecule has 3 heteroatoms. The van der Waals surface area contributed by atoms with Crippen LogP contribution in [0.1, 0.15) is 50.3 Å². The van der Waals surface area contributed by atoms with E-state index in [1.807, 2.05) is 24.4 Å². The van der Waals surface area contributed by atoms with Gasteiger partial charge < -0.3 is 9.47 Å². The van der Waals surface area contributed by atoms with Gasteiger partial charge in [-0.25, -0.2) is 0 Å². The lowest BCUT2D eigenvalue weighted by atomic mass is 9.98. The quantitative estimate of drug-likeness (QED) is 0.830. The molecular formula is C19H23NO2. The third-order valence-corrected chi connectivity index (χ3v) is 4.16. The molecule has 0 saturated heterocycles. The van der Waals surface area contributed by atoms with Crippen LogP contribution in [0, 0.1) is 0 Å². The molecule has 0 radical (unpaired) electrons. The summed E-state index contributed by atoms with van der Waals surface area (Å²) < 4.78 is 12.0. The predicted octanol–water partition coefficient (Wildman–Crippen LogP) is 4.54. The van der Waals surface area contributed by atoms with Gasteiger partial charge >= 0.3 is 0 Å². The van der Waals surface area contributed by atoms with E-state index >= 15 is 0 Å². The summed E-state index contributed by atoms with van der Waals surface area (Å²) in [5.74, 6) is 2.56. The smallest absolute Gasteiger partial charge is 0.162 e. The minimum atomic E-state index is 0.0759. The summed E-state index contributed by atoms with van der Waals surface area (Å²) in [6.45, 7) is 7.16. The number of pyridine rings is 1. The average molecular weight is 297 g/mol. The van der Waals surface area contributed by atoms with Crippen molar-refractivity contribution >= 4 is 0 Å². The zero-order valence-corrected chi connectivity index (χ0v) is 13.5. The van der Waals surface area contributed by atoms with Crippen molar-refractivity contribution in [3.63, 3.8) is 0 Å². The van der Waals surface area contributed by atoms with Crippen LogP contribution < -0.4 is 9.47 Å². The molecule has 0 fully saturated rings. The Morgan fingerprint density at radius 3 is 2.73 bits per heavy atom. The molecule has 0 spiro atoms. The molecule has 0 bridgehead atoms. The minimum Gasteiger partial charge on any atom is -0.486 e. The third-order valence-electron chi connectivity index (χ3n) is 4.16. The Hall–Kier alpha value is -2.03. The minimum absolute atomic E-state index is 0.0759. The fourth-order valence-corrected chi connectivity index (χ4v) is 2.79. The predicted molar refractivity (Wildman–Crippen MR) is 87.7 cm³/mol. The summed E-state index contributed by atoms with van der Waals surface area (Å²) in [5.41, 5.74) is 2.38. The van der Waals surface area contributed by atoms with Crippen molar-refractivity contribution in [2.24, 2.45) is 0 Å². The van der Waals surface area contributed by atoms with E-state index in [1.54, 1.807) is 0 Å².